The lowest BCUT2D eigenvalue weighted by Gasteiger charge is -2.40. The molecule has 0 saturated heterocycles. The summed E-state index contributed by atoms with van der Waals surface area (Å²) in [5, 5.41) is 22.4. The molecular weight excluding hydrogens is 202 g/mol. The molecule has 1 aliphatic rings. The standard InChI is InChI=1S/C13H27NO2/c1-3-12(2,10-15)9-14-13(11-16)7-5-4-6-8-13/h14-16H,3-11H2,1-2H3. The van der Waals surface area contributed by atoms with Gasteiger partial charge in [0.2, 0.25) is 0 Å². The first kappa shape index (κ1) is 13.9. The molecule has 96 valence electrons. The summed E-state index contributed by atoms with van der Waals surface area (Å²) in [5.41, 5.74) is -0.135. The van der Waals surface area contributed by atoms with Crippen LogP contribution in [0.3, 0.4) is 0 Å². The molecule has 0 spiro atoms. The lowest BCUT2D eigenvalue weighted by atomic mass is 9.80. The lowest BCUT2D eigenvalue weighted by Crippen LogP contribution is -2.53. The van der Waals surface area contributed by atoms with Crippen molar-refractivity contribution in [3.8, 4) is 0 Å². The van der Waals surface area contributed by atoms with Gasteiger partial charge in [0.1, 0.15) is 0 Å². The molecule has 3 heteroatoms. The zero-order valence-electron chi connectivity index (χ0n) is 10.8. The zero-order valence-corrected chi connectivity index (χ0v) is 10.8. The van der Waals surface area contributed by atoms with E-state index >= 15 is 0 Å². The zero-order chi connectivity index (χ0) is 12.1. The van der Waals surface area contributed by atoms with Gasteiger partial charge in [-0.05, 0) is 19.3 Å². The number of hydrogen-bond donors (Lipinski definition) is 3. The summed E-state index contributed by atoms with van der Waals surface area (Å²) in [6, 6.07) is 0. The molecule has 0 aliphatic heterocycles. The Morgan fingerprint density at radius 1 is 1.19 bits per heavy atom. The minimum atomic E-state index is -0.0795. The van der Waals surface area contributed by atoms with Crippen molar-refractivity contribution in [1.82, 2.24) is 5.32 Å². The lowest BCUT2D eigenvalue weighted by molar-refractivity contribution is 0.0813. The summed E-state index contributed by atoms with van der Waals surface area (Å²) in [7, 11) is 0. The third kappa shape index (κ3) is 3.44. The number of aliphatic hydroxyl groups is 2. The molecule has 0 radical (unpaired) electrons. The van der Waals surface area contributed by atoms with Gasteiger partial charge in [0.25, 0.3) is 0 Å². The van der Waals surface area contributed by atoms with Gasteiger partial charge < -0.3 is 15.5 Å². The maximum absolute atomic E-state index is 9.56. The highest BCUT2D eigenvalue weighted by Gasteiger charge is 2.33. The van der Waals surface area contributed by atoms with E-state index in [0.717, 1.165) is 25.8 Å². The average molecular weight is 229 g/mol. The molecule has 0 bridgehead atoms. The molecule has 3 nitrogen and oxygen atoms in total. The van der Waals surface area contributed by atoms with Crippen molar-refractivity contribution in [3.05, 3.63) is 0 Å². The number of rotatable bonds is 6. The minimum absolute atomic E-state index is 0.0559. The Morgan fingerprint density at radius 2 is 1.81 bits per heavy atom. The molecule has 0 aromatic carbocycles. The van der Waals surface area contributed by atoms with Crippen molar-refractivity contribution in [2.24, 2.45) is 5.41 Å². The monoisotopic (exact) mass is 229 g/mol. The van der Waals surface area contributed by atoms with Crippen molar-refractivity contribution in [3.63, 3.8) is 0 Å². The second-order valence-electron chi connectivity index (χ2n) is 5.67. The topological polar surface area (TPSA) is 52.5 Å². The molecule has 1 aliphatic carbocycles. The van der Waals surface area contributed by atoms with Gasteiger partial charge in [-0.3, -0.25) is 0 Å². The molecule has 0 amide bonds. The van der Waals surface area contributed by atoms with Gasteiger partial charge in [-0.25, -0.2) is 0 Å². The summed E-state index contributed by atoms with van der Waals surface area (Å²) in [5.74, 6) is 0. The normalized spacial score (nSPS) is 24.0. The SMILES string of the molecule is CCC(C)(CO)CNC1(CO)CCCCC1. The fourth-order valence-electron chi connectivity index (χ4n) is 2.31. The molecule has 0 heterocycles. The van der Waals surface area contributed by atoms with E-state index in [1.54, 1.807) is 0 Å². The van der Waals surface area contributed by atoms with Gasteiger partial charge in [-0.2, -0.15) is 0 Å². The second-order valence-corrected chi connectivity index (χ2v) is 5.67. The molecule has 1 unspecified atom stereocenters. The number of aliphatic hydroxyl groups excluding tert-OH is 2. The number of nitrogens with one attached hydrogen (secondary N) is 1. The Morgan fingerprint density at radius 3 is 2.25 bits per heavy atom. The van der Waals surface area contributed by atoms with Gasteiger partial charge in [-0.15, -0.1) is 0 Å². The Labute approximate surface area is 99.3 Å². The Bertz CT molecular complexity index is 196. The summed E-state index contributed by atoms with van der Waals surface area (Å²) in [4.78, 5) is 0. The van der Waals surface area contributed by atoms with Gasteiger partial charge in [-0.1, -0.05) is 33.1 Å². The van der Waals surface area contributed by atoms with E-state index in [2.05, 4.69) is 19.2 Å². The molecule has 1 saturated carbocycles. The summed E-state index contributed by atoms with van der Waals surface area (Å²) >= 11 is 0. The van der Waals surface area contributed by atoms with Crippen LogP contribution in [0.1, 0.15) is 52.4 Å². The van der Waals surface area contributed by atoms with E-state index in [-0.39, 0.29) is 24.2 Å². The third-order valence-corrected chi connectivity index (χ3v) is 4.24. The second kappa shape index (κ2) is 5.99. The smallest absolute Gasteiger partial charge is 0.0613 e. The average Bonchev–Trinajstić information content (AvgIpc) is 2.37. The highest BCUT2D eigenvalue weighted by Crippen LogP contribution is 2.29. The maximum Gasteiger partial charge on any atom is 0.0613 e. The van der Waals surface area contributed by atoms with Crippen LogP contribution in [0, 0.1) is 5.41 Å². The van der Waals surface area contributed by atoms with Crippen LogP contribution in [0.15, 0.2) is 0 Å². The van der Waals surface area contributed by atoms with E-state index in [0.29, 0.717) is 0 Å². The maximum atomic E-state index is 9.56. The van der Waals surface area contributed by atoms with Crippen molar-refractivity contribution in [1.29, 1.82) is 0 Å². The summed E-state index contributed by atoms with van der Waals surface area (Å²) < 4.78 is 0. The molecule has 16 heavy (non-hydrogen) atoms. The van der Waals surface area contributed by atoms with E-state index in [1.807, 2.05) is 0 Å². The fourth-order valence-corrected chi connectivity index (χ4v) is 2.31. The van der Waals surface area contributed by atoms with E-state index in [4.69, 9.17) is 0 Å². The van der Waals surface area contributed by atoms with Crippen LogP contribution in [0.2, 0.25) is 0 Å². The molecule has 1 atom stereocenters. The highest BCUT2D eigenvalue weighted by atomic mass is 16.3. The van der Waals surface area contributed by atoms with Crippen LogP contribution >= 0.6 is 0 Å². The fraction of sp³-hybridized carbons (Fsp3) is 1.00. The summed E-state index contributed by atoms with van der Waals surface area (Å²) in [6.45, 7) is 5.41. The molecule has 1 fully saturated rings. The minimum Gasteiger partial charge on any atom is -0.396 e. The third-order valence-electron chi connectivity index (χ3n) is 4.24. The Kier molecular flexibility index (Phi) is 5.22. The largest absolute Gasteiger partial charge is 0.396 e. The van der Waals surface area contributed by atoms with Crippen LogP contribution in [-0.2, 0) is 0 Å². The van der Waals surface area contributed by atoms with Gasteiger partial charge in [0.05, 0.1) is 6.61 Å². The van der Waals surface area contributed by atoms with Crippen LogP contribution in [0.4, 0.5) is 0 Å². The Hall–Kier alpha value is -0.120. The van der Waals surface area contributed by atoms with E-state index in [1.165, 1.54) is 19.3 Å². The van der Waals surface area contributed by atoms with Crippen LogP contribution < -0.4 is 5.32 Å². The van der Waals surface area contributed by atoms with E-state index < -0.39 is 0 Å². The first-order valence-electron chi connectivity index (χ1n) is 6.56. The molecule has 0 aromatic rings. The quantitative estimate of drug-likeness (QED) is 0.649. The summed E-state index contributed by atoms with van der Waals surface area (Å²) in [6.07, 6.45) is 6.78. The molecular formula is C13H27NO2. The van der Waals surface area contributed by atoms with Crippen molar-refractivity contribution >= 4 is 0 Å². The van der Waals surface area contributed by atoms with E-state index in [9.17, 15) is 10.2 Å². The van der Waals surface area contributed by atoms with Crippen LogP contribution in [0.5, 0.6) is 0 Å². The van der Waals surface area contributed by atoms with Crippen molar-refractivity contribution < 1.29 is 10.2 Å². The van der Waals surface area contributed by atoms with Crippen molar-refractivity contribution in [2.45, 2.75) is 57.9 Å². The Balaban J connectivity index is 2.50. The predicted molar refractivity (Wildman–Crippen MR) is 66.4 cm³/mol. The van der Waals surface area contributed by atoms with Gasteiger partial charge in [0.15, 0.2) is 0 Å². The molecule has 1 rings (SSSR count). The van der Waals surface area contributed by atoms with Crippen LogP contribution in [-0.4, -0.2) is 35.5 Å². The molecule has 0 aromatic heterocycles. The van der Waals surface area contributed by atoms with Gasteiger partial charge >= 0.3 is 0 Å². The van der Waals surface area contributed by atoms with Gasteiger partial charge in [0, 0.05) is 24.1 Å². The first-order chi connectivity index (χ1) is 7.60. The highest BCUT2D eigenvalue weighted by molar-refractivity contribution is 4.92. The number of hydrogen-bond acceptors (Lipinski definition) is 3. The molecule has 3 N–H and O–H groups in total. The first-order valence-corrected chi connectivity index (χ1v) is 6.56. The van der Waals surface area contributed by atoms with Crippen molar-refractivity contribution in [2.75, 3.05) is 19.8 Å². The van der Waals surface area contributed by atoms with Crippen LogP contribution in [0.25, 0.3) is 0 Å². The predicted octanol–water partition coefficient (Wildman–Crippen LogP) is 1.68.